The number of hydrogen-bond donors (Lipinski definition) is 0. The molecule has 5 aromatic heterocycles. The Morgan fingerprint density at radius 2 is 1.10 bits per heavy atom. The molecule has 0 unspecified atom stereocenters. The number of furan rings is 1. The minimum absolute atomic E-state index is 0.776. The highest BCUT2D eigenvalue weighted by atomic mass is 32.1. The van der Waals surface area contributed by atoms with Gasteiger partial charge in [-0.15, -0.1) is 11.3 Å². The summed E-state index contributed by atoms with van der Waals surface area (Å²) in [6.45, 7) is 0. The normalized spacial score (nSPS) is 12.2. The van der Waals surface area contributed by atoms with Crippen molar-refractivity contribution in [1.82, 2.24) is 19.1 Å². The molecule has 0 N–H and O–H groups in total. The van der Waals surface area contributed by atoms with Crippen LogP contribution in [-0.4, -0.2) is 19.1 Å². The maximum atomic E-state index is 6.91. The lowest BCUT2D eigenvalue weighted by Gasteiger charge is -2.14. The molecular weight excluding hydrogens is 657 g/mol. The third-order valence-corrected chi connectivity index (χ3v) is 11.6. The maximum absolute atomic E-state index is 6.91. The summed E-state index contributed by atoms with van der Waals surface area (Å²) in [6, 6.07) is 55.7. The molecule has 0 aliphatic rings. The van der Waals surface area contributed by atoms with Crippen LogP contribution in [0.3, 0.4) is 0 Å². The molecule has 0 atom stereocenters. The summed E-state index contributed by atoms with van der Waals surface area (Å²) >= 11 is 1.68. The summed E-state index contributed by atoms with van der Waals surface area (Å²) in [5.41, 5.74) is 9.85. The topological polar surface area (TPSA) is 48.8 Å². The van der Waals surface area contributed by atoms with E-state index < -0.39 is 0 Å². The number of rotatable bonds is 3. The van der Waals surface area contributed by atoms with Crippen LogP contribution in [0, 0.1) is 0 Å². The average Bonchev–Trinajstić information content (AvgIpc) is 3.95. The Kier molecular flexibility index (Phi) is 5.59. The number of benzene rings is 7. The van der Waals surface area contributed by atoms with E-state index in [1.165, 1.54) is 15.5 Å². The summed E-state index contributed by atoms with van der Waals surface area (Å²) in [5.74, 6) is 0.776. The van der Waals surface area contributed by atoms with Crippen molar-refractivity contribution >= 4 is 97.3 Å². The fourth-order valence-electron chi connectivity index (χ4n) is 8.35. The molecule has 0 radical (unpaired) electrons. The Labute approximate surface area is 300 Å². The van der Waals surface area contributed by atoms with Crippen LogP contribution in [0.25, 0.3) is 109 Å². The van der Waals surface area contributed by atoms with Gasteiger partial charge in [-0.25, -0.2) is 9.97 Å². The molecule has 12 aromatic rings. The van der Waals surface area contributed by atoms with Crippen LogP contribution in [0.5, 0.6) is 0 Å². The van der Waals surface area contributed by atoms with Gasteiger partial charge in [0.15, 0.2) is 11.4 Å². The van der Waals surface area contributed by atoms with Gasteiger partial charge < -0.3 is 8.98 Å². The van der Waals surface area contributed by atoms with Gasteiger partial charge in [-0.05, 0) is 36.4 Å². The van der Waals surface area contributed by atoms with Crippen molar-refractivity contribution in [2.24, 2.45) is 0 Å². The van der Waals surface area contributed by atoms with Gasteiger partial charge in [0, 0.05) is 48.0 Å². The number of aromatic nitrogens is 4. The van der Waals surface area contributed by atoms with Gasteiger partial charge in [-0.1, -0.05) is 121 Å². The lowest BCUT2D eigenvalue weighted by Crippen LogP contribution is -2.03. The first-order valence-corrected chi connectivity index (χ1v) is 18.2. The van der Waals surface area contributed by atoms with Crippen LogP contribution in [0.1, 0.15) is 0 Å². The Morgan fingerprint density at radius 1 is 0.500 bits per heavy atom. The Bertz CT molecular complexity index is 3370. The second kappa shape index (κ2) is 10.4. The zero-order valence-corrected chi connectivity index (χ0v) is 28.4. The molecular formula is C46H26N4OS. The van der Waals surface area contributed by atoms with Crippen molar-refractivity contribution in [2.45, 2.75) is 0 Å². The minimum Gasteiger partial charge on any atom is -0.454 e. The van der Waals surface area contributed by atoms with Gasteiger partial charge in [0.25, 0.3) is 0 Å². The van der Waals surface area contributed by atoms with Crippen LogP contribution in [0.4, 0.5) is 0 Å². The van der Waals surface area contributed by atoms with E-state index in [1.807, 2.05) is 12.1 Å². The molecule has 0 bridgehead atoms. The molecule has 5 nitrogen and oxygen atoms in total. The van der Waals surface area contributed by atoms with Crippen molar-refractivity contribution in [3.05, 3.63) is 158 Å². The summed E-state index contributed by atoms with van der Waals surface area (Å²) in [4.78, 5) is 11.9. The molecule has 6 heteroatoms. The van der Waals surface area contributed by atoms with Gasteiger partial charge in [0.2, 0.25) is 0 Å². The lowest BCUT2D eigenvalue weighted by molar-refractivity contribution is 0.671. The second-order valence-electron chi connectivity index (χ2n) is 13.3. The fraction of sp³-hybridized carbons (Fsp3) is 0. The number of fused-ring (bicyclic) bond motifs is 13. The smallest absolute Gasteiger partial charge is 0.166 e. The second-order valence-corrected chi connectivity index (χ2v) is 14.4. The first kappa shape index (κ1) is 28.0. The highest BCUT2D eigenvalue weighted by Gasteiger charge is 2.27. The molecule has 0 aliphatic carbocycles. The largest absolute Gasteiger partial charge is 0.454 e. The van der Waals surface area contributed by atoms with Crippen LogP contribution >= 0.6 is 11.3 Å². The quantitative estimate of drug-likeness (QED) is 0.186. The van der Waals surface area contributed by atoms with Crippen molar-refractivity contribution in [3.8, 4) is 22.8 Å². The molecule has 0 amide bonds. The number of thiophene rings is 1. The van der Waals surface area contributed by atoms with Gasteiger partial charge in [0.1, 0.15) is 27.1 Å². The monoisotopic (exact) mass is 682 g/mol. The highest BCUT2D eigenvalue weighted by Crippen LogP contribution is 2.46. The van der Waals surface area contributed by atoms with Gasteiger partial charge in [-0.3, -0.25) is 4.57 Å². The summed E-state index contributed by atoms with van der Waals surface area (Å²) < 4.78 is 12.8. The third kappa shape index (κ3) is 3.71. The molecule has 0 fully saturated rings. The first-order chi connectivity index (χ1) is 25.8. The zero-order valence-electron chi connectivity index (χ0n) is 27.6. The van der Waals surface area contributed by atoms with E-state index in [1.54, 1.807) is 11.3 Å². The van der Waals surface area contributed by atoms with Crippen molar-refractivity contribution in [1.29, 1.82) is 0 Å². The molecule has 242 valence electrons. The van der Waals surface area contributed by atoms with Gasteiger partial charge in [0.05, 0.1) is 22.2 Å². The van der Waals surface area contributed by atoms with E-state index in [2.05, 4.69) is 155 Å². The Hall–Kier alpha value is -6.76. The predicted molar refractivity (Wildman–Crippen MR) is 216 cm³/mol. The van der Waals surface area contributed by atoms with E-state index >= 15 is 0 Å². The van der Waals surface area contributed by atoms with Crippen LogP contribution in [0.2, 0.25) is 0 Å². The SMILES string of the molecule is c1ccc(-c2nc3c(nc2-n2c4ccccc4c4c(-n5c6ccccc6c6ccccc65)cc5c6ccccc6oc5c42)sc2ccccc23)cc1. The van der Waals surface area contributed by atoms with E-state index in [0.29, 0.717) is 0 Å². The summed E-state index contributed by atoms with van der Waals surface area (Å²) in [7, 11) is 0. The van der Waals surface area contributed by atoms with Crippen LogP contribution < -0.4 is 0 Å². The molecule has 0 aliphatic heterocycles. The standard InChI is InChI=1S/C46H26N4OS/c1-2-14-27(15-3-1)41-45(48-46-42(47-41)32-20-8-13-25-39(32)52-46)50-36-23-11-6-19-31(36)40-37(26-33-30-18-7-12-24-38(30)51-44(33)43(40)50)49-34-21-9-4-16-28(34)29-17-5-10-22-35(29)49/h1-26H. The molecule has 0 saturated heterocycles. The van der Waals surface area contributed by atoms with Crippen LogP contribution in [-0.2, 0) is 0 Å². The van der Waals surface area contributed by atoms with Crippen LogP contribution in [0.15, 0.2) is 162 Å². The summed E-state index contributed by atoms with van der Waals surface area (Å²) in [5, 5.41) is 7.92. The Morgan fingerprint density at radius 3 is 1.85 bits per heavy atom. The zero-order chi connectivity index (χ0) is 33.9. The predicted octanol–water partition coefficient (Wildman–Crippen LogP) is 12.6. The average molecular weight is 683 g/mol. The molecule has 12 rings (SSSR count). The number of para-hydroxylation sites is 4. The first-order valence-electron chi connectivity index (χ1n) is 17.4. The van der Waals surface area contributed by atoms with E-state index in [9.17, 15) is 0 Å². The van der Waals surface area contributed by atoms with E-state index in [0.717, 1.165) is 93.3 Å². The lowest BCUT2D eigenvalue weighted by atomic mass is 10.1. The summed E-state index contributed by atoms with van der Waals surface area (Å²) in [6.07, 6.45) is 0. The molecule has 52 heavy (non-hydrogen) atoms. The molecule has 0 spiro atoms. The molecule has 7 aromatic carbocycles. The number of nitrogens with zero attached hydrogens (tertiary/aromatic N) is 4. The van der Waals surface area contributed by atoms with Gasteiger partial charge in [-0.2, -0.15) is 0 Å². The molecule has 0 saturated carbocycles. The Balaban J connectivity index is 1.33. The van der Waals surface area contributed by atoms with Crippen molar-refractivity contribution in [3.63, 3.8) is 0 Å². The highest BCUT2D eigenvalue weighted by molar-refractivity contribution is 7.25. The van der Waals surface area contributed by atoms with E-state index in [4.69, 9.17) is 14.4 Å². The van der Waals surface area contributed by atoms with E-state index in [-0.39, 0.29) is 0 Å². The number of hydrogen-bond acceptors (Lipinski definition) is 4. The fourth-order valence-corrected chi connectivity index (χ4v) is 9.36. The van der Waals surface area contributed by atoms with Crippen molar-refractivity contribution < 1.29 is 4.42 Å². The minimum atomic E-state index is 0.776. The third-order valence-electron chi connectivity index (χ3n) is 10.5. The molecule has 5 heterocycles. The van der Waals surface area contributed by atoms with Gasteiger partial charge >= 0.3 is 0 Å². The van der Waals surface area contributed by atoms with Crippen molar-refractivity contribution in [2.75, 3.05) is 0 Å². The maximum Gasteiger partial charge on any atom is 0.166 e.